The second kappa shape index (κ2) is 8.33. The number of likely N-dealkylation sites (tertiary alicyclic amines) is 2. The molecule has 0 bridgehead atoms. The number of benzene rings is 2. The zero-order chi connectivity index (χ0) is 20.5. The normalized spacial score (nSPS) is 21.8. The van der Waals surface area contributed by atoms with Crippen LogP contribution in [0.15, 0.2) is 42.5 Å². The monoisotopic (exact) mass is 416 g/mol. The first-order valence-electron chi connectivity index (χ1n) is 10.1. The van der Waals surface area contributed by atoms with Gasteiger partial charge in [-0.05, 0) is 44.0 Å². The number of para-hydroxylation sites is 1. The number of hydrogen-bond acceptors (Lipinski definition) is 3. The summed E-state index contributed by atoms with van der Waals surface area (Å²) in [6.07, 6.45) is 1.56. The van der Waals surface area contributed by atoms with E-state index in [1.807, 2.05) is 36.9 Å². The third-order valence-electron chi connectivity index (χ3n) is 5.79. The Bertz CT molecular complexity index is 904. The minimum absolute atomic E-state index is 0.117. The fraction of sp³-hybridized carbons (Fsp3) is 0.435. The summed E-state index contributed by atoms with van der Waals surface area (Å²) in [5, 5.41) is 0.371. The number of halogens is 2. The molecule has 0 saturated carbocycles. The molecule has 4 rings (SSSR count). The number of hydrogen-bond donors (Lipinski definition) is 0. The van der Waals surface area contributed by atoms with Gasteiger partial charge in [0.05, 0.1) is 6.10 Å². The van der Waals surface area contributed by atoms with Crippen molar-refractivity contribution in [2.75, 3.05) is 6.54 Å². The average molecular weight is 417 g/mol. The summed E-state index contributed by atoms with van der Waals surface area (Å²) in [5.74, 6) is 0.681. The molecule has 2 atom stereocenters. The number of fused-ring (bicyclic) bond motifs is 1. The lowest BCUT2D eigenvalue weighted by molar-refractivity contribution is -0.129. The molecule has 2 aromatic carbocycles. The molecule has 2 fully saturated rings. The number of rotatable bonds is 6. The molecule has 1 amide bonds. The van der Waals surface area contributed by atoms with Crippen LogP contribution in [-0.2, 0) is 17.9 Å². The highest BCUT2D eigenvalue weighted by Crippen LogP contribution is 2.36. The summed E-state index contributed by atoms with van der Waals surface area (Å²) in [6.45, 7) is 6.18. The van der Waals surface area contributed by atoms with E-state index in [0.717, 1.165) is 36.4 Å². The second-order valence-electron chi connectivity index (χ2n) is 8.13. The Morgan fingerprint density at radius 3 is 2.69 bits per heavy atom. The van der Waals surface area contributed by atoms with Gasteiger partial charge >= 0.3 is 0 Å². The number of ether oxygens (including phenoxy) is 1. The molecule has 0 N–H and O–H groups in total. The highest BCUT2D eigenvalue weighted by atomic mass is 35.5. The molecule has 6 heteroatoms. The fourth-order valence-corrected chi connectivity index (χ4v) is 4.69. The van der Waals surface area contributed by atoms with Crippen LogP contribution in [0.25, 0.3) is 0 Å². The molecule has 0 unspecified atom stereocenters. The number of carbonyl (C=O) groups excluding carboxylic acids is 1. The third kappa shape index (κ3) is 4.26. The van der Waals surface area contributed by atoms with E-state index in [4.69, 9.17) is 16.3 Å². The van der Waals surface area contributed by atoms with Gasteiger partial charge in [0.25, 0.3) is 0 Å². The van der Waals surface area contributed by atoms with E-state index in [1.54, 1.807) is 6.07 Å². The van der Waals surface area contributed by atoms with Gasteiger partial charge in [-0.15, -0.1) is 0 Å². The van der Waals surface area contributed by atoms with E-state index in [0.29, 0.717) is 18.0 Å². The highest BCUT2D eigenvalue weighted by Gasteiger charge is 2.46. The molecule has 154 valence electrons. The minimum Gasteiger partial charge on any atom is -0.491 e. The molecule has 4 nitrogen and oxygen atoms in total. The van der Waals surface area contributed by atoms with Crippen LogP contribution in [0.4, 0.5) is 4.39 Å². The van der Waals surface area contributed by atoms with E-state index in [-0.39, 0.29) is 29.9 Å². The molecule has 2 aliphatic rings. The van der Waals surface area contributed by atoms with E-state index < -0.39 is 0 Å². The van der Waals surface area contributed by atoms with Gasteiger partial charge in [0.2, 0.25) is 5.91 Å². The van der Waals surface area contributed by atoms with Crippen molar-refractivity contribution in [3.8, 4) is 5.75 Å². The number of nitrogens with zero attached hydrogens (tertiary/aromatic N) is 2. The minimum atomic E-state index is -0.362. The maximum atomic E-state index is 13.3. The second-order valence-corrected chi connectivity index (χ2v) is 8.54. The van der Waals surface area contributed by atoms with Gasteiger partial charge in [-0.25, -0.2) is 4.39 Å². The zero-order valence-electron chi connectivity index (χ0n) is 16.8. The summed E-state index contributed by atoms with van der Waals surface area (Å²) in [6, 6.07) is 12.8. The van der Waals surface area contributed by atoms with Crippen LogP contribution in [0.1, 0.15) is 37.8 Å². The van der Waals surface area contributed by atoms with Crippen LogP contribution >= 0.6 is 11.6 Å². The van der Waals surface area contributed by atoms with Gasteiger partial charge in [-0.3, -0.25) is 9.69 Å². The van der Waals surface area contributed by atoms with Crippen LogP contribution < -0.4 is 4.74 Å². The lowest BCUT2D eigenvalue weighted by Gasteiger charge is -2.26. The van der Waals surface area contributed by atoms with Gasteiger partial charge < -0.3 is 9.64 Å². The molecule has 0 spiro atoms. The van der Waals surface area contributed by atoms with Crippen molar-refractivity contribution < 1.29 is 13.9 Å². The topological polar surface area (TPSA) is 32.8 Å². The van der Waals surface area contributed by atoms with E-state index in [9.17, 15) is 9.18 Å². The van der Waals surface area contributed by atoms with Crippen LogP contribution in [0.2, 0.25) is 5.02 Å². The molecule has 29 heavy (non-hydrogen) atoms. The van der Waals surface area contributed by atoms with Crippen molar-refractivity contribution >= 4 is 17.5 Å². The van der Waals surface area contributed by atoms with Gasteiger partial charge in [0.1, 0.15) is 11.6 Å². The quantitative estimate of drug-likeness (QED) is 0.687. The van der Waals surface area contributed by atoms with E-state index in [2.05, 4.69) is 11.0 Å². The molecule has 2 aromatic rings. The lowest BCUT2D eigenvalue weighted by Crippen LogP contribution is -2.36. The maximum Gasteiger partial charge on any atom is 0.224 e. The van der Waals surface area contributed by atoms with Crippen molar-refractivity contribution in [1.82, 2.24) is 9.80 Å². The van der Waals surface area contributed by atoms with Crippen molar-refractivity contribution in [3.05, 3.63) is 64.4 Å². The maximum absolute atomic E-state index is 13.3. The molecule has 2 aliphatic heterocycles. The summed E-state index contributed by atoms with van der Waals surface area (Å²) in [4.78, 5) is 17.0. The largest absolute Gasteiger partial charge is 0.491 e. The van der Waals surface area contributed by atoms with Crippen LogP contribution in [0.3, 0.4) is 0 Å². The van der Waals surface area contributed by atoms with Crippen LogP contribution in [0, 0.1) is 5.82 Å². The molecule has 2 saturated heterocycles. The Morgan fingerprint density at radius 1 is 1.14 bits per heavy atom. The van der Waals surface area contributed by atoms with Crippen molar-refractivity contribution in [3.63, 3.8) is 0 Å². The van der Waals surface area contributed by atoms with Gasteiger partial charge in [0.15, 0.2) is 0 Å². The van der Waals surface area contributed by atoms with Crippen molar-refractivity contribution in [2.45, 2.75) is 58.0 Å². The molecule has 0 radical (unpaired) electrons. The number of amides is 1. The van der Waals surface area contributed by atoms with Gasteiger partial charge in [0, 0.05) is 48.7 Å². The number of carbonyl (C=O) groups is 1. The summed E-state index contributed by atoms with van der Waals surface area (Å²) in [5.41, 5.74) is 1.94. The zero-order valence-corrected chi connectivity index (χ0v) is 17.5. The molecule has 0 aromatic heterocycles. The van der Waals surface area contributed by atoms with Crippen molar-refractivity contribution in [2.24, 2.45) is 0 Å². The Balaban J connectivity index is 1.48. The smallest absolute Gasteiger partial charge is 0.224 e. The SMILES string of the molecule is CC(C)Oc1ccccc1CN1CC[C@H]2[C@@H]1CC(=O)N2Cc1ccc(F)cc1Cl. The average Bonchev–Trinajstić information content (AvgIpc) is 3.18. The first-order chi connectivity index (χ1) is 13.9. The summed E-state index contributed by atoms with van der Waals surface area (Å²) < 4.78 is 19.3. The first kappa shape index (κ1) is 20.2. The van der Waals surface area contributed by atoms with Crippen molar-refractivity contribution in [1.29, 1.82) is 0 Å². The Labute approximate surface area is 176 Å². The Kier molecular flexibility index (Phi) is 5.79. The first-order valence-corrected chi connectivity index (χ1v) is 10.5. The van der Waals surface area contributed by atoms with Gasteiger partial charge in [-0.1, -0.05) is 35.9 Å². The highest BCUT2D eigenvalue weighted by molar-refractivity contribution is 6.31. The third-order valence-corrected chi connectivity index (χ3v) is 6.15. The van der Waals surface area contributed by atoms with Gasteiger partial charge in [-0.2, -0.15) is 0 Å². The molecular formula is C23H26ClFN2O2. The lowest BCUT2D eigenvalue weighted by atomic mass is 10.1. The van der Waals surface area contributed by atoms with E-state index >= 15 is 0 Å². The Hall–Kier alpha value is -2.11. The molecule has 2 heterocycles. The van der Waals surface area contributed by atoms with E-state index in [1.165, 1.54) is 12.1 Å². The summed E-state index contributed by atoms with van der Waals surface area (Å²) in [7, 11) is 0. The Morgan fingerprint density at radius 2 is 1.93 bits per heavy atom. The fourth-order valence-electron chi connectivity index (χ4n) is 4.47. The van der Waals surface area contributed by atoms with Crippen LogP contribution in [-0.4, -0.2) is 40.4 Å². The standard InChI is InChI=1S/C23H26ClFN2O2/c1-15(2)29-22-6-4-3-5-17(22)13-26-10-9-20-21(26)12-23(28)27(20)14-16-7-8-18(25)11-19(16)24/h3-8,11,15,20-21H,9-10,12-14H2,1-2H3/t20-,21-/m0/s1. The predicted octanol–water partition coefficient (Wildman–Crippen LogP) is 4.64. The molecular weight excluding hydrogens is 391 g/mol. The predicted molar refractivity (Wildman–Crippen MR) is 111 cm³/mol. The van der Waals surface area contributed by atoms with Crippen LogP contribution in [0.5, 0.6) is 5.75 Å². The summed E-state index contributed by atoms with van der Waals surface area (Å²) >= 11 is 6.19. The molecule has 0 aliphatic carbocycles.